The van der Waals surface area contributed by atoms with Gasteiger partial charge >= 0.3 is 0 Å². The van der Waals surface area contributed by atoms with Crippen LogP contribution in [-0.2, 0) is 0 Å². The maximum Gasteiger partial charge on any atom is 0.231 e. The minimum absolute atomic E-state index is 0.289. The van der Waals surface area contributed by atoms with E-state index in [4.69, 9.17) is 14.2 Å². The van der Waals surface area contributed by atoms with Crippen LogP contribution in [0.5, 0.6) is 17.2 Å². The molecule has 1 radical (unpaired) electrons. The van der Waals surface area contributed by atoms with Gasteiger partial charge < -0.3 is 14.2 Å². The number of fused-ring (bicyclic) bond motifs is 1. The summed E-state index contributed by atoms with van der Waals surface area (Å²) in [5.74, 6) is 2.45. The van der Waals surface area contributed by atoms with Crippen LogP contribution in [0, 0.1) is 13.0 Å². The maximum atomic E-state index is 5.50. The molecule has 0 saturated heterocycles. The fraction of sp³-hybridized carbons (Fsp3) is 0.143. The van der Waals surface area contributed by atoms with E-state index in [0.717, 1.165) is 39.5 Å². The number of benzene rings is 3. The number of methoxy groups -OCH3 is 1. The van der Waals surface area contributed by atoms with Crippen LogP contribution in [0.25, 0.3) is 22.3 Å². The zero-order valence-electron chi connectivity index (χ0n) is 13.6. The van der Waals surface area contributed by atoms with E-state index in [9.17, 15) is 0 Å². The van der Waals surface area contributed by atoms with Gasteiger partial charge in [0.15, 0.2) is 11.5 Å². The molecule has 0 aromatic heterocycles. The second kappa shape index (κ2) is 5.93. The van der Waals surface area contributed by atoms with Crippen molar-refractivity contribution < 1.29 is 14.2 Å². The van der Waals surface area contributed by atoms with Crippen molar-refractivity contribution >= 4 is 0 Å². The van der Waals surface area contributed by atoms with Crippen molar-refractivity contribution in [3.05, 3.63) is 66.2 Å². The molecule has 0 N–H and O–H groups in total. The molecular formula is C21H17O3. The Morgan fingerprint density at radius 1 is 0.917 bits per heavy atom. The Morgan fingerprint density at radius 3 is 2.46 bits per heavy atom. The van der Waals surface area contributed by atoms with Gasteiger partial charge in [-0.1, -0.05) is 30.3 Å². The van der Waals surface area contributed by atoms with Crippen molar-refractivity contribution in [2.45, 2.75) is 6.92 Å². The van der Waals surface area contributed by atoms with Crippen molar-refractivity contribution in [3.63, 3.8) is 0 Å². The monoisotopic (exact) mass is 317 g/mol. The van der Waals surface area contributed by atoms with Crippen LogP contribution in [0.2, 0.25) is 0 Å². The summed E-state index contributed by atoms with van der Waals surface area (Å²) in [6, 6.07) is 21.5. The lowest BCUT2D eigenvalue weighted by Gasteiger charge is -2.12. The van der Waals surface area contributed by atoms with E-state index < -0.39 is 0 Å². The quantitative estimate of drug-likeness (QED) is 0.690. The fourth-order valence-corrected chi connectivity index (χ4v) is 3.01. The van der Waals surface area contributed by atoms with Gasteiger partial charge in [0.05, 0.1) is 7.11 Å². The summed E-state index contributed by atoms with van der Waals surface area (Å²) in [4.78, 5) is 0. The van der Waals surface area contributed by atoms with Gasteiger partial charge in [0.1, 0.15) is 5.75 Å². The second-order valence-electron chi connectivity index (χ2n) is 5.69. The molecule has 0 amide bonds. The Kier molecular flexibility index (Phi) is 3.62. The Labute approximate surface area is 141 Å². The van der Waals surface area contributed by atoms with Gasteiger partial charge in [-0.3, -0.25) is 0 Å². The van der Waals surface area contributed by atoms with E-state index >= 15 is 0 Å². The van der Waals surface area contributed by atoms with E-state index in [2.05, 4.69) is 37.3 Å². The van der Waals surface area contributed by atoms with Crippen molar-refractivity contribution in [1.29, 1.82) is 0 Å². The van der Waals surface area contributed by atoms with Crippen molar-refractivity contribution in [2.75, 3.05) is 13.9 Å². The molecule has 0 bridgehead atoms. The zero-order chi connectivity index (χ0) is 16.5. The summed E-state index contributed by atoms with van der Waals surface area (Å²) in [5, 5.41) is 0. The van der Waals surface area contributed by atoms with Crippen LogP contribution in [0.4, 0.5) is 0 Å². The van der Waals surface area contributed by atoms with E-state index in [0.29, 0.717) is 0 Å². The lowest BCUT2D eigenvalue weighted by Crippen LogP contribution is -1.93. The fourth-order valence-electron chi connectivity index (χ4n) is 3.01. The highest BCUT2D eigenvalue weighted by Gasteiger charge is 2.15. The van der Waals surface area contributed by atoms with Crippen molar-refractivity contribution in [3.8, 4) is 39.5 Å². The summed E-state index contributed by atoms with van der Waals surface area (Å²) in [5.41, 5.74) is 5.67. The van der Waals surface area contributed by atoms with E-state index in [1.807, 2.05) is 30.3 Å². The molecule has 24 heavy (non-hydrogen) atoms. The topological polar surface area (TPSA) is 27.7 Å². The molecule has 1 aliphatic rings. The normalized spacial score (nSPS) is 12.2. The summed E-state index contributed by atoms with van der Waals surface area (Å²) >= 11 is 0. The average molecular weight is 317 g/mol. The van der Waals surface area contributed by atoms with Crippen LogP contribution in [0.1, 0.15) is 5.56 Å². The van der Waals surface area contributed by atoms with Crippen LogP contribution < -0.4 is 14.2 Å². The zero-order valence-corrected chi connectivity index (χ0v) is 13.6. The molecule has 3 nitrogen and oxygen atoms in total. The van der Waals surface area contributed by atoms with E-state index in [1.165, 1.54) is 5.56 Å². The predicted octanol–water partition coefficient (Wildman–Crippen LogP) is 4.87. The number of ether oxygens (including phenoxy) is 3. The summed E-state index contributed by atoms with van der Waals surface area (Å²) in [7, 11) is 1.67. The minimum atomic E-state index is 0.289. The molecule has 4 rings (SSSR count). The SMILES string of the molecule is COc1ccc(-c2[c]ccc(-c3ccc4c(c3)OCO4)c2C)cc1. The van der Waals surface area contributed by atoms with Crippen LogP contribution >= 0.6 is 0 Å². The van der Waals surface area contributed by atoms with Crippen LogP contribution in [0.3, 0.4) is 0 Å². The second-order valence-corrected chi connectivity index (χ2v) is 5.69. The van der Waals surface area contributed by atoms with Gasteiger partial charge in [-0.15, -0.1) is 0 Å². The number of hydrogen-bond acceptors (Lipinski definition) is 3. The molecule has 0 unspecified atom stereocenters. The highest BCUT2D eigenvalue weighted by atomic mass is 16.7. The highest BCUT2D eigenvalue weighted by Crippen LogP contribution is 2.38. The molecule has 1 heterocycles. The van der Waals surface area contributed by atoms with E-state index in [-0.39, 0.29) is 6.79 Å². The van der Waals surface area contributed by atoms with Gasteiger partial charge in [0, 0.05) is 0 Å². The summed E-state index contributed by atoms with van der Waals surface area (Å²) < 4.78 is 16.1. The largest absolute Gasteiger partial charge is 0.497 e. The van der Waals surface area contributed by atoms with Gasteiger partial charge in [0.25, 0.3) is 0 Å². The molecular weight excluding hydrogens is 300 g/mol. The first-order chi connectivity index (χ1) is 11.8. The maximum absolute atomic E-state index is 5.50. The summed E-state index contributed by atoms with van der Waals surface area (Å²) in [6.07, 6.45) is 0. The molecule has 1 aliphatic heterocycles. The molecule has 0 atom stereocenters. The lowest BCUT2D eigenvalue weighted by atomic mass is 9.92. The van der Waals surface area contributed by atoms with Gasteiger partial charge in [0.2, 0.25) is 6.79 Å². The van der Waals surface area contributed by atoms with Crippen LogP contribution in [0.15, 0.2) is 54.6 Å². The highest BCUT2D eigenvalue weighted by molar-refractivity contribution is 5.79. The molecule has 3 heteroatoms. The number of hydrogen-bond donors (Lipinski definition) is 0. The molecule has 0 aliphatic carbocycles. The molecule has 119 valence electrons. The Balaban J connectivity index is 1.77. The van der Waals surface area contributed by atoms with Crippen molar-refractivity contribution in [1.82, 2.24) is 0 Å². The molecule has 3 aromatic carbocycles. The molecule has 0 spiro atoms. The first-order valence-corrected chi connectivity index (χ1v) is 7.82. The Bertz CT molecular complexity index is 882. The molecule has 0 fully saturated rings. The van der Waals surface area contributed by atoms with Gasteiger partial charge in [-0.05, 0) is 65.1 Å². The smallest absolute Gasteiger partial charge is 0.231 e. The van der Waals surface area contributed by atoms with Gasteiger partial charge in [-0.2, -0.15) is 0 Å². The predicted molar refractivity (Wildman–Crippen MR) is 93.6 cm³/mol. The molecule has 3 aromatic rings. The van der Waals surface area contributed by atoms with Crippen LogP contribution in [-0.4, -0.2) is 13.9 Å². The Hall–Kier alpha value is -2.94. The third kappa shape index (κ3) is 2.48. The third-order valence-electron chi connectivity index (χ3n) is 4.32. The van der Waals surface area contributed by atoms with Gasteiger partial charge in [-0.25, -0.2) is 0 Å². The lowest BCUT2D eigenvalue weighted by molar-refractivity contribution is 0.174. The van der Waals surface area contributed by atoms with Crippen molar-refractivity contribution in [2.24, 2.45) is 0 Å². The number of rotatable bonds is 3. The standard InChI is InChI=1S/C21H17O3/c1-14-18(15-6-9-17(22-2)10-7-15)4-3-5-19(14)16-8-11-20-21(12-16)24-13-23-20/h3,5-12H,13H2,1-2H3. The molecule has 0 saturated carbocycles. The average Bonchev–Trinajstić information content (AvgIpc) is 3.10. The third-order valence-corrected chi connectivity index (χ3v) is 4.32. The Morgan fingerprint density at radius 2 is 1.67 bits per heavy atom. The summed E-state index contributed by atoms with van der Waals surface area (Å²) in [6.45, 7) is 2.41. The van der Waals surface area contributed by atoms with E-state index in [1.54, 1.807) is 7.11 Å². The first kappa shape index (κ1) is 14.6. The first-order valence-electron chi connectivity index (χ1n) is 7.82. The minimum Gasteiger partial charge on any atom is -0.497 e.